The number of hydrazone groups is 1. The van der Waals surface area contributed by atoms with Crippen LogP contribution in [0.1, 0.15) is 31.8 Å². The molecule has 3 aromatic rings. The fourth-order valence-corrected chi connectivity index (χ4v) is 3.10. The van der Waals surface area contributed by atoms with E-state index in [1.165, 1.54) is 6.21 Å². The van der Waals surface area contributed by atoms with Gasteiger partial charge in [-0.3, -0.25) is 9.59 Å². The fourth-order valence-electron chi connectivity index (χ4n) is 2.88. The van der Waals surface area contributed by atoms with Crippen molar-refractivity contribution in [3.05, 3.63) is 107 Å². The number of aromatic hydroxyl groups is 1. The number of rotatable bonds is 7. The lowest BCUT2D eigenvalue weighted by Gasteiger charge is -2.11. The highest BCUT2D eigenvalue weighted by molar-refractivity contribution is 6.34. The number of benzene rings is 3. The molecule has 6 nitrogen and oxygen atoms in total. The number of nitrogens with zero attached hydrogens (tertiary/aromatic N) is 1. The van der Waals surface area contributed by atoms with Crippen molar-refractivity contribution < 1.29 is 14.7 Å². The number of para-hydroxylation sites is 2. The summed E-state index contributed by atoms with van der Waals surface area (Å²) >= 11 is 6.07. The predicted molar refractivity (Wildman–Crippen MR) is 123 cm³/mol. The first-order chi connectivity index (χ1) is 15.0. The molecule has 0 aliphatic carbocycles. The van der Waals surface area contributed by atoms with Crippen LogP contribution in [0.25, 0.3) is 0 Å². The van der Waals surface area contributed by atoms with Crippen LogP contribution in [0.5, 0.6) is 5.75 Å². The Morgan fingerprint density at radius 1 is 0.968 bits per heavy atom. The molecule has 0 heterocycles. The van der Waals surface area contributed by atoms with Gasteiger partial charge in [0.05, 0.1) is 28.1 Å². The van der Waals surface area contributed by atoms with Gasteiger partial charge in [-0.15, -0.1) is 6.58 Å². The van der Waals surface area contributed by atoms with Gasteiger partial charge in [-0.25, -0.2) is 5.43 Å². The number of phenolic OH excluding ortho intramolecular Hbond substituents is 1. The molecule has 0 fully saturated rings. The molecule has 31 heavy (non-hydrogen) atoms. The van der Waals surface area contributed by atoms with Crippen molar-refractivity contribution in [1.29, 1.82) is 0 Å². The van der Waals surface area contributed by atoms with Crippen molar-refractivity contribution in [1.82, 2.24) is 5.43 Å². The number of halogens is 1. The maximum absolute atomic E-state index is 12.6. The molecule has 0 aliphatic rings. The highest BCUT2D eigenvalue weighted by atomic mass is 35.5. The zero-order chi connectivity index (χ0) is 22.2. The number of anilines is 1. The van der Waals surface area contributed by atoms with E-state index in [0.29, 0.717) is 33.8 Å². The van der Waals surface area contributed by atoms with Gasteiger partial charge in [0.1, 0.15) is 5.75 Å². The molecule has 0 bridgehead atoms. The van der Waals surface area contributed by atoms with Crippen LogP contribution in [-0.4, -0.2) is 23.1 Å². The molecule has 0 spiro atoms. The number of carbonyl (C=O) groups is 2. The minimum Gasteiger partial charge on any atom is -0.507 e. The van der Waals surface area contributed by atoms with Crippen LogP contribution in [0.4, 0.5) is 5.69 Å². The van der Waals surface area contributed by atoms with E-state index in [2.05, 4.69) is 22.4 Å². The van der Waals surface area contributed by atoms with Crippen LogP contribution in [0, 0.1) is 0 Å². The minimum absolute atomic E-state index is 0.0767. The molecule has 2 amide bonds. The van der Waals surface area contributed by atoms with Crippen LogP contribution >= 0.6 is 11.6 Å². The first-order valence-corrected chi connectivity index (χ1v) is 9.79. The van der Waals surface area contributed by atoms with Crippen LogP contribution in [0.15, 0.2) is 84.5 Å². The highest BCUT2D eigenvalue weighted by Gasteiger charge is 2.15. The van der Waals surface area contributed by atoms with E-state index in [1.54, 1.807) is 72.8 Å². The van der Waals surface area contributed by atoms with Crippen LogP contribution in [0.2, 0.25) is 5.02 Å². The third-order valence-electron chi connectivity index (χ3n) is 4.42. The van der Waals surface area contributed by atoms with Crippen LogP contribution < -0.4 is 10.7 Å². The highest BCUT2D eigenvalue weighted by Crippen LogP contribution is 2.22. The smallest absolute Gasteiger partial charge is 0.273 e. The Morgan fingerprint density at radius 3 is 2.42 bits per heavy atom. The molecule has 0 saturated heterocycles. The number of phenols is 1. The number of carbonyl (C=O) groups excluding carboxylic acids is 2. The van der Waals surface area contributed by atoms with Gasteiger partial charge in [0, 0.05) is 5.56 Å². The maximum atomic E-state index is 12.6. The Morgan fingerprint density at radius 2 is 1.68 bits per heavy atom. The van der Waals surface area contributed by atoms with E-state index in [1.807, 2.05) is 0 Å². The van der Waals surface area contributed by atoms with E-state index in [4.69, 9.17) is 11.6 Å². The molecule has 0 aliphatic heterocycles. The average molecular weight is 434 g/mol. The summed E-state index contributed by atoms with van der Waals surface area (Å²) < 4.78 is 0. The molecular formula is C24H20ClN3O3. The second kappa shape index (κ2) is 10.2. The normalized spacial score (nSPS) is 10.6. The zero-order valence-electron chi connectivity index (χ0n) is 16.5. The van der Waals surface area contributed by atoms with E-state index in [0.717, 1.165) is 0 Å². The van der Waals surface area contributed by atoms with Gasteiger partial charge in [-0.2, -0.15) is 5.10 Å². The first kappa shape index (κ1) is 21.8. The maximum Gasteiger partial charge on any atom is 0.273 e. The molecule has 3 aromatic carbocycles. The second-order valence-electron chi connectivity index (χ2n) is 6.53. The van der Waals surface area contributed by atoms with Crippen LogP contribution in [0.3, 0.4) is 0 Å². The van der Waals surface area contributed by atoms with Crippen molar-refractivity contribution in [2.45, 2.75) is 6.42 Å². The zero-order valence-corrected chi connectivity index (χ0v) is 17.3. The average Bonchev–Trinajstić information content (AvgIpc) is 2.77. The minimum atomic E-state index is -0.520. The number of allylic oxidation sites excluding steroid dienone is 1. The van der Waals surface area contributed by atoms with Crippen molar-refractivity contribution in [3.63, 3.8) is 0 Å². The number of hydrogen-bond donors (Lipinski definition) is 3. The number of nitrogens with one attached hydrogen (secondary N) is 2. The van der Waals surface area contributed by atoms with E-state index >= 15 is 0 Å². The van der Waals surface area contributed by atoms with Gasteiger partial charge in [0.15, 0.2) is 0 Å². The summed E-state index contributed by atoms with van der Waals surface area (Å²) in [4.78, 5) is 25.2. The second-order valence-corrected chi connectivity index (χ2v) is 6.93. The lowest BCUT2D eigenvalue weighted by atomic mass is 10.1. The molecule has 0 atom stereocenters. The van der Waals surface area contributed by atoms with E-state index < -0.39 is 11.8 Å². The number of hydrogen-bond acceptors (Lipinski definition) is 4. The van der Waals surface area contributed by atoms with Crippen molar-refractivity contribution in [2.24, 2.45) is 5.10 Å². The van der Waals surface area contributed by atoms with Crippen LogP contribution in [-0.2, 0) is 6.42 Å². The summed E-state index contributed by atoms with van der Waals surface area (Å²) in [5, 5.41) is 17.2. The monoisotopic (exact) mass is 433 g/mol. The van der Waals surface area contributed by atoms with Gasteiger partial charge in [-0.1, -0.05) is 54.1 Å². The summed E-state index contributed by atoms with van der Waals surface area (Å²) in [5.41, 5.74) is 4.42. The van der Waals surface area contributed by atoms with Gasteiger partial charge in [0.25, 0.3) is 11.8 Å². The fraction of sp³-hybridized carbons (Fsp3) is 0.0417. The van der Waals surface area contributed by atoms with Crippen molar-refractivity contribution in [3.8, 4) is 5.75 Å². The lowest BCUT2D eigenvalue weighted by Crippen LogP contribution is -2.21. The van der Waals surface area contributed by atoms with Crippen molar-refractivity contribution in [2.75, 3.05) is 5.32 Å². The Hall–Kier alpha value is -3.90. The Bertz CT molecular complexity index is 1160. The van der Waals surface area contributed by atoms with Gasteiger partial charge in [-0.05, 0) is 42.3 Å². The molecule has 3 rings (SSSR count). The largest absolute Gasteiger partial charge is 0.507 e. The Kier molecular flexibility index (Phi) is 7.19. The molecule has 156 valence electrons. The Labute approximate surface area is 184 Å². The summed E-state index contributed by atoms with van der Waals surface area (Å²) in [6, 6.07) is 18.4. The molecule has 3 N–H and O–H groups in total. The Balaban J connectivity index is 1.74. The van der Waals surface area contributed by atoms with Gasteiger partial charge >= 0.3 is 0 Å². The summed E-state index contributed by atoms with van der Waals surface area (Å²) in [7, 11) is 0. The van der Waals surface area contributed by atoms with Gasteiger partial charge < -0.3 is 10.4 Å². The van der Waals surface area contributed by atoms with E-state index in [-0.39, 0.29) is 11.3 Å². The molecule has 0 unspecified atom stereocenters. The predicted octanol–water partition coefficient (Wildman–Crippen LogP) is 4.79. The lowest BCUT2D eigenvalue weighted by molar-refractivity contribution is 0.0956. The molecule has 0 radical (unpaired) electrons. The first-order valence-electron chi connectivity index (χ1n) is 9.41. The third kappa shape index (κ3) is 5.38. The van der Waals surface area contributed by atoms with Gasteiger partial charge in [0.2, 0.25) is 0 Å². The summed E-state index contributed by atoms with van der Waals surface area (Å²) in [6.07, 6.45) is 3.55. The quantitative estimate of drug-likeness (QED) is 0.284. The third-order valence-corrected chi connectivity index (χ3v) is 4.75. The van der Waals surface area contributed by atoms with Crippen molar-refractivity contribution >= 4 is 35.3 Å². The summed E-state index contributed by atoms with van der Waals surface area (Å²) in [6.45, 7) is 3.66. The topological polar surface area (TPSA) is 90.8 Å². The molecule has 0 saturated carbocycles. The summed E-state index contributed by atoms with van der Waals surface area (Å²) in [5.74, 6) is -0.876. The SMILES string of the molecule is C=CCc1cccc(/C=N/NC(=O)c2ccccc2NC(=O)c2ccccc2Cl)c1O. The van der Waals surface area contributed by atoms with E-state index in [9.17, 15) is 14.7 Å². The molecular weight excluding hydrogens is 414 g/mol. The molecule has 7 heteroatoms. The number of amides is 2. The standard InChI is InChI=1S/C24H20ClN3O3/c1-2-8-16-9-7-10-17(22(16)29)15-26-28-24(31)19-12-4-6-14-21(19)27-23(30)18-11-3-5-13-20(18)25/h2-7,9-15,29H,1,8H2,(H,27,30)(H,28,31)/b26-15+. The molecule has 0 aromatic heterocycles.